The first kappa shape index (κ1) is 27.0. The molecule has 0 unspecified atom stereocenters. The average Bonchev–Trinajstić information content (AvgIpc) is 2.76. The zero-order valence-electron chi connectivity index (χ0n) is 19.2. The van der Waals surface area contributed by atoms with Crippen molar-refractivity contribution in [3.63, 3.8) is 0 Å². The van der Waals surface area contributed by atoms with Gasteiger partial charge in [-0.1, -0.05) is 30.3 Å². The van der Waals surface area contributed by atoms with Crippen molar-refractivity contribution in [1.29, 1.82) is 0 Å². The number of hydrogen-bond donors (Lipinski definition) is 2. The smallest absolute Gasteiger partial charge is 0.191 e. The van der Waals surface area contributed by atoms with E-state index >= 15 is 0 Å². The van der Waals surface area contributed by atoms with E-state index in [1.165, 1.54) is 11.1 Å². The minimum absolute atomic E-state index is 0. The number of benzene rings is 2. The van der Waals surface area contributed by atoms with Gasteiger partial charge in [-0.2, -0.15) is 0 Å². The first-order chi connectivity index (χ1) is 14.5. The number of nitrogens with one attached hydrogen (secondary N) is 2. The van der Waals surface area contributed by atoms with E-state index in [1.807, 2.05) is 26.0 Å². The third-order valence-electron chi connectivity index (χ3n) is 4.49. The lowest BCUT2D eigenvalue weighted by Crippen LogP contribution is -2.38. The fourth-order valence-electron chi connectivity index (χ4n) is 2.95. The maximum Gasteiger partial charge on any atom is 0.191 e. The lowest BCUT2D eigenvalue weighted by atomic mass is 10.1. The second kappa shape index (κ2) is 14.9. The predicted octanol–water partition coefficient (Wildman–Crippen LogP) is 4.54. The summed E-state index contributed by atoms with van der Waals surface area (Å²) in [5, 5.41) is 6.71. The van der Waals surface area contributed by atoms with Crippen molar-refractivity contribution >= 4 is 29.9 Å². The standard InChI is InChI=1S/C24H35N3O3.HI/c1-6-25-24(26-13-12-19-10-11-22(28-4)23(15-19)29-5)27-16-20-8-7-9-21(14-20)17-30-18(2)3;/h7-11,14-15,18H,6,12-13,16-17H2,1-5H3,(H2,25,26,27);1H. The van der Waals surface area contributed by atoms with Gasteiger partial charge < -0.3 is 24.8 Å². The fraction of sp³-hybridized carbons (Fsp3) is 0.458. The summed E-state index contributed by atoms with van der Waals surface area (Å²) in [6.07, 6.45) is 1.08. The van der Waals surface area contributed by atoms with E-state index in [-0.39, 0.29) is 30.1 Å². The summed E-state index contributed by atoms with van der Waals surface area (Å²) in [6.45, 7) is 8.97. The third-order valence-corrected chi connectivity index (χ3v) is 4.49. The highest BCUT2D eigenvalue weighted by Crippen LogP contribution is 2.27. The van der Waals surface area contributed by atoms with E-state index in [0.29, 0.717) is 13.2 Å². The molecule has 0 fully saturated rings. The summed E-state index contributed by atoms with van der Waals surface area (Å²) in [5.41, 5.74) is 3.51. The van der Waals surface area contributed by atoms with Crippen molar-refractivity contribution in [3.8, 4) is 11.5 Å². The largest absolute Gasteiger partial charge is 0.493 e. The molecule has 0 aromatic heterocycles. The Labute approximate surface area is 203 Å². The van der Waals surface area contributed by atoms with Crippen LogP contribution in [0.25, 0.3) is 0 Å². The minimum Gasteiger partial charge on any atom is -0.493 e. The van der Waals surface area contributed by atoms with E-state index in [4.69, 9.17) is 19.2 Å². The van der Waals surface area contributed by atoms with Gasteiger partial charge in [0.1, 0.15) is 0 Å². The van der Waals surface area contributed by atoms with Crippen molar-refractivity contribution in [2.24, 2.45) is 4.99 Å². The summed E-state index contributed by atoms with van der Waals surface area (Å²) in [7, 11) is 3.30. The number of guanidine groups is 1. The molecular weight excluding hydrogens is 505 g/mol. The maximum atomic E-state index is 5.70. The molecule has 2 aromatic rings. The monoisotopic (exact) mass is 541 g/mol. The summed E-state index contributed by atoms with van der Waals surface area (Å²) >= 11 is 0. The molecule has 0 spiro atoms. The van der Waals surface area contributed by atoms with Crippen LogP contribution in [-0.4, -0.2) is 39.4 Å². The van der Waals surface area contributed by atoms with Crippen LogP contribution in [0, 0.1) is 0 Å². The van der Waals surface area contributed by atoms with Gasteiger partial charge in [0.05, 0.1) is 33.5 Å². The molecular formula is C24H36IN3O3. The molecule has 0 saturated heterocycles. The lowest BCUT2D eigenvalue weighted by molar-refractivity contribution is 0.0657. The van der Waals surface area contributed by atoms with E-state index in [1.54, 1.807) is 14.2 Å². The first-order valence-electron chi connectivity index (χ1n) is 10.5. The summed E-state index contributed by atoms with van der Waals surface area (Å²) in [5.74, 6) is 2.30. The number of ether oxygens (including phenoxy) is 3. The molecule has 2 aromatic carbocycles. The van der Waals surface area contributed by atoms with Crippen molar-refractivity contribution in [3.05, 3.63) is 59.2 Å². The Morgan fingerprint density at radius 2 is 1.68 bits per heavy atom. The second-order valence-electron chi connectivity index (χ2n) is 7.24. The molecule has 0 bridgehead atoms. The van der Waals surface area contributed by atoms with Crippen LogP contribution in [0.15, 0.2) is 47.5 Å². The Morgan fingerprint density at radius 1 is 0.935 bits per heavy atom. The number of methoxy groups -OCH3 is 2. The van der Waals surface area contributed by atoms with Crippen LogP contribution < -0.4 is 20.1 Å². The molecule has 172 valence electrons. The van der Waals surface area contributed by atoms with Crippen LogP contribution in [0.2, 0.25) is 0 Å². The van der Waals surface area contributed by atoms with Crippen LogP contribution in [0.3, 0.4) is 0 Å². The predicted molar refractivity (Wildman–Crippen MR) is 138 cm³/mol. The van der Waals surface area contributed by atoms with Crippen molar-refractivity contribution < 1.29 is 14.2 Å². The SMILES string of the molecule is CCNC(=NCc1cccc(COC(C)C)c1)NCCc1ccc(OC)c(OC)c1.I. The van der Waals surface area contributed by atoms with Gasteiger partial charge in [0.15, 0.2) is 17.5 Å². The molecule has 0 saturated carbocycles. The molecule has 31 heavy (non-hydrogen) atoms. The van der Waals surface area contributed by atoms with Crippen molar-refractivity contribution in [2.45, 2.75) is 46.4 Å². The summed E-state index contributed by atoms with van der Waals surface area (Å²) in [4.78, 5) is 4.72. The topological polar surface area (TPSA) is 64.1 Å². The van der Waals surface area contributed by atoms with Gasteiger partial charge in [-0.15, -0.1) is 24.0 Å². The highest BCUT2D eigenvalue weighted by Gasteiger charge is 2.05. The van der Waals surface area contributed by atoms with Crippen LogP contribution in [0.4, 0.5) is 0 Å². The number of hydrogen-bond acceptors (Lipinski definition) is 4. The molecule has 0 heterocycles. The van der Waals surface area contributed by atoms with Crippen molar-refractivity contribution in [1.82, 2.24) is 10.6 Å². The number of rotatable bonds is 11. The Balaban J connectivity index is 0.00000480. The molecule has 2 N–H and O–H groups in total. The zero-order valence-corrected chi connectivity index (χ0v) is 21.6. The molecule has 7 heteroatoms. The lowest BCUT2D eigenvalue weighted by Gasteiger charge is -2.13. The van der Waals surface area contributed by atoms with E-state index in [2.05, 4.69) is 47.9 Å². The van der Waals surface area contributed by atoms with E-state index in [0.717, 1.165) is 42.5 Å². The molecule has 6 nitrogen and oxygen atoms in total. The summed E-state index contributed by atoms with van der Waals surface area (Å²) in [6, 6.07) is 14.4. The van der Waals surface area contributed by atoms with E-state index < -0.39 is 0 Å². The van der Waals surface area contributed by atoms with Gasteiger partial charge in [0.25, 0.3) is 0 Å². The average molecular weight is 541 g/mol. The number of halogens is 1. The third kappa shape index (κ3) is 9.78. The first-order valence-corrected chi connectivity index (χ1v) is 10.5. The Kier molecular flexibility index (Phi) is 13.0. The Bertz CT molecular complexity index is 812. The van der Waals surface area contributed by atoms with Crippen LogP contribution in [-0.2, 0) is 24.3 Å². The molecule has 0 radical (unpaired) electrons. The quantitative estimate of drug-likeness (QED) is 0.249. The second-order valence-corrected chi connectivity index (χ2v) is 7.24. The van der Waals surface area contributed by atoms with Gasteiger partial charge in [-0.3, -0.25) is 0 Å². The Morgan fingerprint density at radius 3 is 2.35 bits per heavy atom. The normalized spacial score (nSPS) is 11.1. The zero-order chi connectivity index (χ0) is 21.8. The fourth-order valence-corrected chi connectivity index (χ4v) is 2.95. The van der Waals surface area contributed by atoms with Crippen LogP contribution in [0.5, 0.6) is 11.5 Å². The van der Waals surface area contributed by atoms with Gasteiger partial charge in [0, 0.05) is 13.1 Å². The molecule has 2 rings (SSSR count). The van der Waals surface area contributed by atoms with Crippen LogP contribution >= 0.6 is 24.0 Å². The molecule has 0 atom stereocenters. The van der Waals surface area contributed by atoms with Gasteiger partial charge in [0.2, 0.25) is 0 Å². The van der Waals surface area contributed by atoms with E-state index in [9.17, 15) is 0 Å². The highest BCUT2D eigenvalue weighted by molar-refractivity contribution is 14.0. The van der Waals surface area contributed by atoms with Crippen LogP contribution in [0.1, 0.15) is 37.5 Å². The molecule has 0 aliphatic rings. The highest BCUT2D eigenvalue weighted by atomic mass is 127. The maximum absolute atomic E-state index is 5.70. The number of aliphatic imine (C=N–C) groups is 1. The Hall–Kier alpha value is -2.00. The minimum atomic E-state index is 0. The van der Waals surface area contributed by atoms with Gasteiger partial charge in [-0.05, 0) is 56.0 Å². The van der Waals surface area contributed by atoms with Gasteiger partial charge >= 0.3 is 0 Å². The summed E-state index contributed by atoms with van der Waals surface area (Å²) < 4.78 is 16.4. The number of nitrogens with zero attached hydrogens (tertiary/aromatic N) is 1. The molecule has 0 aliphatic carbocycles. The van der Waals surface area contributed by atoms with Crippen molar-refractivity contribution in [2.75, 3.05) is 27.3 Å². The van der Waals surface area contributed by atoms with Gasteiger partial charge in [-0.25, -0.2) is 4.99 Å². The molecule has 0 amide bonds. The molecule has 0 aliphatic heterocycles.